The topological polar surface area (TPSA) is 42.7 Å². The predicted octanol–water partition coefficient (Wildman–Crippen LogP) is 1.48. The fourth-order valence-corrected chi connectivity index (χ4v) is 2.16. The molecular formula is C13H16N4. The first-order valence-corrected chi connectivity index (χ1v) is 5.93. The van der Waals surface area contributed by atoms with Crippen molar-refractivity contribution in [1.29, 1.82) is 0 Å². The van der Waals surface area contributed by atoms with Crippen LogP contribution in [0.15, 0.2) is 24.3 Å². The maximum absolute atomic E-state index is 4.67. The third-order valence-corrected chi connectivity index (χ3v) is 3.33. The second kappa shape index (κ2) is 3.96. The third-order valence-electron chi connectivity index (χ3n) is 3.33. The fraction of sp³-hybridized carbons (Fsp3) is 0.385. The van der Waals surface area contributed by atoms with E-state index in [1.807, 2.05) is 23.9 Å². The summed E-state index contributed by atoms with van der Waals surface area (Å²) >= 11 is 0. The minimum absolute atomic E-state index is 0.519. The summed E-state index contributed by atoms with van der Waals surface area (Å²) in [5.74, 6) is 2.44. The van der Waals surface area contributed by atoms with Crippen LogP contribution in [0.2, 0.25) is 0 Å². The Kier molecular flexibility index (Phi) is 2.44. The molecule has 0 atom stereocenters. The smallest absolute Gasteiger partial charge is 0.181 e. The highest BCUT2D eigenvalue weighted by molar-refractivity contribution is 5.59. The average Bonchev–Trinajstić information content (AvgIpc) is 2.59. The van der Waals surface area contributed by atoms with E-state index in [1.54, 1.807) is 0 Å². The molecule has 0 radical (unpaired) electrons. The molecule has 1 aliphatic heterocycles. The van der Waals surface area contributed by atoms with Crippen LogP contribution in [0.3, 0.4) is 0 Å². The Morgan fingerprint density at radius 1 is 1.29 bits per heavy atom. The Balaban J connectivity index is 2.01. The summed E-state index contributed by atoms with van der Waals surface area (Å²) < 4.78 is 1.91. The number of aromatic nitrogens is 3. The van der Waals surface area contributed by atoms with Gasteiger partial charge in [-0.3, -0.25) is 4.68 Å². The number of hydrogen-bond donors (Lipinski definition) is 1. The van der Waals surface area contributed by atoms with Gasteiger partial charge in [0.1, 0.15) is 5.82 Å². The molecule has 4 nitrogen and oxygen atoms in total. The number of benzene rings is 1. The minimum Gasteiger partial charge on any atom is -0.315 e. The highest BCUT2D eigenvalue weighted by Crippen LogP contribution is 2.23. The van der Waals surface area contributed by atoms with E-state index in [-0.39, 0.29) is 0 Å². The van der Waals surface area contributed by atoms with Gasteiger partial charge in [-0.05, 0) is 12.5 Å². The average molecular weight is 228 g/mol. The van der Waals surface area contributed by atoms with Gasteiger partial charge in [-0.15, -0.1) is 0 Å². The molecule has 1 aromatic heterocycles. The van der Waals surface area contributed by atoms with Gasteiger partial charge in [-0.1, -0.05) is 24.3 Å². The van der Waals surface area contributed by atoms with Crippen LogP contribution in [0.4, 0.5) is 0 Å². The van der Waals surface area contributed by atoms with Gasteiger partial charge in [-0.25, -0.2) is 4.98 Å². The van der Waals surface area contributed by atoms with E-state index in [0.717, 1.165) is 30.3 Å². The first kappa shape index (κ1) is 10.5. The summed E-state index contributed by atoms with van der Waals surface area (Å²) in [4.78, 5) is 4.67. The fourth-order valence-electron chi connectivity index (χ4n) is 2.16. The lowest BCUT2D eigenvalue weighted by Crippen LogP contribution is -2.41. The quantitative estimate of drug-likeness (QED) is 0.846. The van der Waals surface area contributed by atoms with Crippen molar-refractivity contribution in [1.82, 2.24) is 20.1 Å². The predicted molar refractivity (Wildman–Crippen MR) is 66.8 cm³/mol. The van der Waals surface area contributed by atoms with Crippen LogP contribution in [0, 0.1) is 6.92 Å². The van der Waals surface area contributed by atoms with E-state index in [1.165, 1.54) is 5.56 Å². The van der Waals surface area contributed by atoms with Crippen LogP contribution in [0.25, 0.3) is 11.4 Å². The maximum atomic E-state index is 4.67. The Bertz CT molecular complexity index is 540. The van der Waals surface area contributed by atoms with Crippen molar-refractivity contribution in [2.75, 3.05) is 13.1 Å². The van der Waals surface area contributed by atoms with Gasteiger partial charge in [0, 0.05) is 31.6 Å². The van der Waals surface area contributed by atoms with Crippen LogP contribution in [-0.2, 0) is 7.05 Å². The zero-order chi connectivity index (χ0) is 11.8. The molecule has 88 valence electrons. The van der Waals surface area contributed by atoms with Crippen molar-refractivity contribution in [3.05, 3.63) is 35.7 Å². The standard InChI is InChI=1S/C13H16N4/c1-9-5-3-4-6-11(9)12-15-13(17(2)16-12)10-7-14-8-10/h3-6,10,14H,7-8H2,1-2H3. The molecule has 4 heteroatoms. The Morgan fingerprint density at radius 3 is 2.71 bits per heavy atom. The molecule has 0 bridgehead atoms. The molecule has 17 heavy (non-hydrogen) atoms. The second-order valence-electron chi connectivity index (χ2n) is 4.59. The molecule has 0 aliphatic carbocycles. The van der Waals surface area contributed by atoms with Crippen molar-refractivity contribution >= 4 is 0 Å². The summed E-state index contributed by atoms with van der Waals surface area (Å²) in [6.07, 6.45) is 0. The van der Waals surface area contributed by atoms with E-state index in [0.29, 0.717) is 5.92 Å². The number of nitrogens with zero attached hydrogens (tertiary/aromatic N) is 3. The molecule has 1 aliphatic rings. The molecule has 0 saturated carbocycles. The van der Waals surface area contributed by atoms with Crippen LogP contribution in [0.5, 0.6) is 0 Å². The SMILES string of the molecule is Cc1ccccc1-c1nc(C2CNC2)n(C)n1. The van der Waals surface area contributed by atoms with Gasteiger partial charge >= 0.3 is 0 Å². The molecule has 0 amide bonds. The number of aryl methyl sites for hydroxylation is 2. The van der Waals surface area contributed by atoms with Crippen LogP contribution < -0.4 is 5.32 Å². The third kappa shape index (κ3) is 1.74. The van der Waals surface area contributed by atoms with Crippen molar-refractivity contribution < 1.29 is 0 Å². The monoisotopic (exact) mass is 228 g/mol. The molecule has 1 aromatic carbocycles. The Labute approximate surface area is 101 Å². The zero-order valence-corrected chi connectivity index (χ0v) is 10.1. The maximum Gasteiger partial charge on any atom is 0.181 e. The molecule has 2 heterocycles. The molecule has 1 fully saturated rings. The summed E-state index contributed by atoms with van der Waals surface area (Å²) in [6.45, 7) is 4.12. The van der Waals surface area contributed by atoms with Crippen molar-refractivity contribution in [2.45, 2.75) is 12.8 Å². The molecule has 1 N–H and O–H groups in total. The van der Waals surface area contributed by atoms with E-state index >= 15 is 0 Å². The van der Waals surface area contributed by atoms with E-state index in [2.05, 4.69) is 34.5 Å². The van der Waals surface area contributed by atoms with Crippen LogP contribution >= 0.6 is 0 Å². The molecular weight excluding hydrogens is 212 g/mol. The molecule has 0 unspecified atom stereocenters. The van der Waals surface area contributed by atoms with Gasteiger partial charge < -0.3 is 5.32 Å². The van der Waals surface area contributed by atoms with Crippen LogP contribution in [-0.4, -0.2) is 27.9 Å². The van der Waals surface area contributed by atoms with Crippen molar-refractivity contribution in [2.24, 2.45) is 7.05 Å². The van der Waals surface area contributed by atoms with E-state index < -0.39 is 0 Å². The summed E-state index contributed by atoms with van der Waals surface area (Å²) in [5.41, 5.74) is 2.35. The van der Waals surface area contributed by atoms with Crippen molar-refractivity contribution in [3.63, 3.8) is 0 Å². The lowest BCUT2D eigenvalue weighted by Gasteiger charge is -2.25. The first-order valence-electron chi connectivity index (χ1n) is 5.93. The normalized spacial score (nSPS) is 15.9. The zero-order valence-electron chi connectivity index (χ0n) is 10.1. The Morgan fingerprint density at radius 2 is 2.06 bits per heavy atom. The van der Waals surface area contributed by atoms with Crippen LogP contribution in [0.1, 0.15) is 17.3 Å². The number of nitrogens with one attached hydrogen (secondary N) is 1. The van der Waals surface area contributed by atoms with E-state index in [9.17, 15) is 0 Å². The molecule has 2 aromatic rings. The summed E-state index contributed by atoms with van der Waals surface area (Å²) in [7, 11) is 1.97. The van der Waals surface area contributed by atoms with Gasteiger partial charge in [0.2, 0.25) is 0 Å². The molecule has 3 rings (SSSR count). The summed E-state index contributed by atoms with van der Waals surface area (Å²) in [5, 5.41) is 7.79. The molecule has 0 spiro atoms. The number of hydrogen-bond acceptors (Lipinski definition) is 3. The van der Waals surface area contributed by atoms with Gasteiger partial charge in [0.25, 0.3) is 0 Å². The lowest BCUT2D eigenvalue weighted by atomic mass is 10.0. The largest absolute Gasteiger partial charge is 0.315 e. The lowest BCUT2D eigenvalue weighted by molar-refractivity contribution is 0.416. The second-order valence-corrected chi connectivity index (χ2v) is 4.59. The molecule has 1 saturated heterocycles. The number of rotatable bonds is 2. The first-order chi connectivity index (χ1) is 8.25. The van der Waals surface area contributed by atoms with Gasteiger partial charge in [-0.2, -0.15) is 5.10 Å². The van der Waals surface area contributed by atoms with Crippen molar-refractivity contribution in [3.8, 4) is 11.4 Å². The summed E-state index contributed by atoms with van der Waals surface area (Å²) in [6, 6.07) is 8.24. The van der Waals surface area contributed by atoms with Gasteiger partial charge in [0.05, 0.1) is 0 Å². The Hall–Kier alpha value is -1.68. The highest BCUT2D eigenvalue weighted by Gasteiger charge is 2.24. The minimum atomic E-state index is 0.519. The van der Waals surface area contributed by atoms with Gasteiger partial charge in [0.15, 0.2) is 5.82 Å². The van der Waals surface area contributed by atoms with E-state index in [4.69, 9.17) is 0 Å². The highest BCUT2D eigenvalue weighted by atomic mass is 15.3.